The maximum Gasteiger partial charge on any atom is 0.472 e. The summed E-state index contributed by atoms with van der Waals surface area (Å²) >= 11 is 0. The number of ether oxygens (including phenoxy) is 1. The Morgan fingerprint density at radius 1 is 0.727 bits per heavy atom. The predicted octanol–water partition coefficient (Wildman–Crippen LogP) is 7.81. The quantitative estimate of drug-likeness (QED) is 0.0327. The summed E-state index contributed by atoms with van der Waals surface area (Å²) in [6.45, 7) is 3.12. The molecule has 3 N–H and O–H groups in total. The average Bonchev–Trinajstić information content (AvgIpc) is 3.00. The van der Waals surface area contributed by atoms with E-state index in [1.807, 2.05) is 6.92 Å². The number of esters is 1. The van der Waals surface area contributed by atoms with Crippen LogP contribution < -0.4 is 5.32 Å². The molecule has 0 saturated carbocycles. The fourth-order valence-electron chi connectivity index (χ4n) is 3.73. The number of hydrogen-bond acceptors (Lipinski definition) is 7. The van der Waals surface area contributed by atoms with E-state index in [-0.39, 0.29) is 32.1 Å². The molecule has 44 heavy (non-hydrogen) atoms. The zero-order valence-electron chi connectivity index (χ0n) is 27.1. The smallest absolute Gasteiger partial charge is 0.463 e. The molecule has 0 spiro atoms. The minimum atomic E-state index is -4.39. The first kappa shape index (κ1) is 41.7. The first-order chi connectivity index (χ1) is 21.3. The molecule has 9 nitrogen and oxygen atoms in total. The van der Waals surface area contributed by atoms with Gasteiger partial charge in [-0.3, -0.25) is 18.6 Å². The summed E-state index contributed by atoms with van der Waals surface area (Å²) in [5.74, 6) is -0.580. The third kappa shape index (κ3) is 31.1. The first-order valence-corrected chi connectivity index (χ1v) is 17.8. The predicted molar refractivity (Wildman–Crippen MR) is 178 cm³/mol. The van der Waals surface area contributed by atoms with Gasteiger partial charge in [0.2, 0.25) is 5.91 Å². The van der Waals surface area contributed by atoms with Crippen LogP contribution in [0.1, 0.15) is 110 Å². The van der Waals surface area contributed by atoms with Gasteiger partial charge < -0.3 is 20.1 Å². The second kappa shape index (κ2) is 30.7. The number of nitrogens with one attached hydrogen (secondary N) is 1. The molecule has 0 aromatic rings. The monoisotopic (exact) mass is 639 g/mol. The van der Waals surface area contributed by atoms with Crippen molar-refractivity contribution in [2.24, 2.45) is 0 Å². The molecule has 252 valence electrons. The van der Waals surface area contributed by atoms with E-state index in [4.69, 9.17) is 13.8 Å². The molecular formula is C34H58NO8P. The fourth-order valence-corrected chi connectivity index (χ4v) is 4.49. The minimum absolute atomic E-state index is 0.0704. The largest absolute Gasteiger partial charge is 0.472 e. The molecule has 0 fully saturated rings. The van der Waals surface area contributed by atoms with Crippen LogP contribution in [0.2, 0.25) is 0 Å². The standard InChI is InChI=1S/C34H58NO8P/c1-3-5-7-8-9-10-11-12-13-14-15-16-17-18-19-20-21-22-23-24-25-27-34(38)41-30-32(36)31-43-44(39,40)42-29-28-35-33(37)26-6-4-2/h5,7,9-10,12-13,15-16,18-19,32,36H,3-4,6,8,11,14,17,20-31H2,1-2H3,(H,35,37)(H,39,40)/b7-5-,10-9-,13-12-,16-15-,19-18-. The highest BCUT2D eigenvalue weighted by atomic mass is 31.2. The topological polar surface area (TPSA) is 131 Å². The number of phosphoric acid groups is 1. The third-order valence-electron chi connectivity index (χ3n) is 6.21. The number of unbranched alkanes of at least 4 members (excludes halogenated alkanes) is 6. The van der Waals surface area contributed by atoms with Crippen molar-refractivity contribution in [1.82, 2.24) is 5.32 Å². The highest BCUT2D eigenvalue weighted by Crippen LogP contribution is 2.42. The molecule has 2 atom stereocenters. The van der Waals surface area contributed by atoms with Crippen LogP contribution in [0.25, 0.3) is 0 Å². The van der Waals surface area contributed by atoms with E-state index >= 15 is 0 Å². The molecular weight excluding hydrogens is 581 g/mol. The lowest BCUT2D eigenvalue weighted by Gasteiger charge is -2.15. The lowest BCUT2D eigenvalue weighted by molar-refractivity contribution is -0.147. The second-order valence-electron chi connectivity index (χ2n) is 10.4. The maximum absolute atomic E-state index is 11.9. The fraction of sp³-hybridized carbons (Fsp3) is 0.647. The van der Waals surface area contributed by atoms with E-state index in [2.05, 4.69) is 73.0 Å². The zero-order valence-corrected chi connectivity index (χ0v) is 28.0. The molecule has 1 amide bonds. The lowest BCUT2D eigenvalue weighted by Crippen LogP contribution is -2.27. The number of rotatable bonds is 29. The van der Waals surface area contributed by atoms with E-state index in [0.717, 1.165) is 77.0 Å². The summed E-state index contributed by atoms with van der Waals surface area (Å²) < 4.78 is 26.4. The van der Waals surface area contributed by atoms with Crippen LogP contribution in [0, 0.1) is 0 Å². The van der Waals surface area contributed by atoms with Crippen molar-refractivity contribution >= 4 is 19.7 Å². The van der Waals surface area contributed by atoms with Crippen molar-refractivity contribution in [3.8, 4) is 0 Å². The van der Waals surface area contributed by atoms with Gasteiger partial charge in [0.05, 0.1) is 13.2 Å². The Morgan fingerprint density at radius 3 is 1.91 bits per heavy atom. The van der Waals surface area contributed by atoms with Gasteiger partial charge in [-0.1, -0.05) is 100 Å². The zero-order chi connectivity index (χ0) is 32.6. The van der Waals surface area contributed by atoms with E-state index in [1.54, 1.807) is 0 Å². The number of hydrogen-bond donors (Lipinski definition) is 3. The number of amides is 1. The number of aliphatic hydroxyl groups is 1. The molecule has 0 aromatic heterocycles. The van der Waals surface area contributed by atoms with Crippen LogP contribution in [-0.4, -0.2) is 54.3 Å². The first-order valence-electron chi connectivity index (χ1n) is 16.3. The van der Waals surface area contributed by atoms with Gasteiger partial charge in [0, 0.05) is 19.4 Å². The Bertz CT molecular complexity index is 913. The van der Waals surface area contributed by atoms with Crippen LogP contribution in [0.15, 0.2) is 60.8 Å². The Balaban J connectivity index is 3.66. The van der Waals surface area contributed by atoms with E-state index < -0.39 is 26.5 Å². The molecule has 0 heterocycles. The van der Waals surface area contributed by atoms with Gasteiger partial charge in [-0.25, -0.2) is 4.57 Å². The molecule has 2 unspecified atom stereocenters. The van der Waals surface area contributed by atoms with Crippen LogP contribution >= 0.6 is 7.82 Å². The van der Waals surface area contributed by atoms with Crippen molar-refractivity contribution in [2.75, 3.05) is 26.4 Å². The Morgan fingerprint density at radius 2 is 1.30 bits per heavy atom. The van der Waals surface area contributed by atoms with Crippen molar-refractivity contribution in [3.63, 3.8) is 0 Å². The Hall–Kier alpha value is -2.29. The molecule has 0 rings (SSSR count). The minimum Gasteiger partial charge on any atom is -0.463 e. The summed E-state index contributed by atoms with van der Waals surface area (Å²) in [6, 6.07) is 0. The molecule has 0 saturated heterocycles. The SMILES string of the molecule is CC/C=C\C/C=C\C/C=C\C/C=C\C/C=C\CCCCCCCC(=O)OCC(O)COP(=O)(O)OCCNC(=O)CCCC. The summed E-state index contributed by atoms with van der Waals surface area (Å²) in [6.07, 6.45) is 34.0. The van der Waals surface area contributed by atoms with Gasteiger partial charge >= 0.3 is 13.8 Å². The van der Waals surface area contributed by atoms with Crippen molar-refractivity contribution < 1.29 is 37.9 Å². The summed E-state index contributed by atoms with van der Waals surface area (Å²) in [4.78, 5) is 33.0. The highest BCUT2D eigenvalue weighted by molar-refractivity contribution is 7.47. The number of carbonyl (C=O) groups excluding carboxylic acids is 2. The van der Waals surface area contributed by atoms with Gasteiger partial charge in [0.1, 0.15) is 12.7 Å². The van der Waals surface area contributed by atoms with Crippen LogP contribution in [-0.2, 0) is 27.9 Å². The molecule has 0 aromatic carbocycles. The van der Waals surface area contributed by atoms with Crippen LogP contribution in [0.4, 0.5) is 0 Å². The second-order valence-corrected chi connectivity index (χ2v) is 11.9. The summed E-state index contributed by atoms with van der Waals surface area (Å²) in [7, 11) is -4.39. The van der Waals surface area contributed by atoms with Crippen LogP contribution in [0.3, 0.4) is 0 Å². The highest BCUT2D eigenvalue weighted by Gasteiger charge is 2.23. The number of aliphatic hydroxyl groups excluding tert-OH is 1. The average molecular weight is 640 g/mol. The van der Waals surface area contributed by atoms with E-state index in [9.17, 15) is 24.2 Å². The number of allylic oxidation sites excluding steroid dienone is 10. The van der Waals surface area contributed by atoms with Gasteiger partial charge in [-0.15, -0.1) is 0 Å². The molecule has 0 aliphatic carbocycles. The molecule has 10 heteroatoms. The van der Waals surface area contributed by atoms with E-state index in [0.29, 0.717) is 12.8 Å². The lowest BCUT2D eigenvalue weighted by atomic mass is 10.1. The maximum atomic E-state index is 11.9. The normalized spacial score (nSPS) is 14.4. The van der Waals surface area contributed by atoms with Crippen molar-refractivity contribution in [1.29, 1.82) is 0 Å². The molecule has 0 aliphatic heterocycles. The third-order valence-corrected chi connectivity index (χ3v) is 7.20. The van der Waals surface area contributed by atoms with Gasteiger partial charge in [0.15, 0.2) is 0 Å². The Kier molecular flexibility index (Phi) is 29.1. The van der Waals surface area contributed by atoms with Crippen LogP contribution in [0.5, 0.6) is 0 Å². The summed E-state index contributed by atoms with van der Waals surface area (Å²) in [5, 5.41) is 12.4. The van der Waals surface area contributed by atoms with Gasteiger partial charge in [-0.05, 0) is 57.8 Å². The Labute approximate surface area is 266 Å². The number of carbonyl (C=O) groups is 2. The molecule has 0 bridgehead atoms. The van der Waals surface area contributed by atoms with Crippen molar-refractivity contribution in [3.05, 3.63) is 60.8 Å². The number of phosphoric ester groups is 1. The van der Waals surface area contributed by atoms with Gasteiger partial charge in [0.25, 0.3) is 0 Å². The molecule has 0 aliphatic rings. The van der Waals surface area contributed by atoms with Crippen molar-refractivity contribution in [2.45, 2.75) is 116 Å². The summed E-state index contributed by atoms with van der Waals surface area (Å²) in [5.41, 5.74) is 0. The van der Waals surface area contributed by atoms with E-state index in [1.165, 1.54) is 0 Å². The molecule has 0 radical (unpaired) electrons. The van der Waals surface area contributed by atoms with Gasteiger partial charge in [-0.2, -0.15) is 0 Å².